The van der Waals surface area contributed by atoms with Crippen LogP contribution in [0.4, 0.5) is 0 Å². The number of halogens is 1. The number of rotatable bonds is 7. The van der Waals surface area contributed by atoms with Gasteiger partial charge in [-0.05, 0) is 67.3 Å². The minimum absolute atomic E-state index is 0.0153. The van der Waals surface area contributed by atoms with Gasteiger partial charge in [-0.1, -0.05) is 28.1 Å². The summed E-state index contributed by atoms with van der Waals surface area (Å²) in [6.07, 6.45) is 4.61. The lowest BCUT2D eigenvalue weighted by atomic mass is 9.97. The van der Waals surface area contributed by atoms with E-state index in [4.69, 9.17) is 5.73 Å². The Labute approximate surface area is 177 Å². The lowest BCUT2D eigenvalue weighted by Gasteiger charge is -2.09. The van der Waals surface area contributed by atoms with Crippen molar-refractivity contribution in [2.75, 3.05) is 6.54 Å². The van der Waals surface area contributed by atoms with Crippen molar-refractivity contribution in [1.82, 2.24) is 9.97 Å². The molecule has 4 rings (SSSR count). The molecule has 0 fully saturated rings. The van der Waals surface area contributed by atoms with Crippen LogP contribution in [0.15, 0.2) is 53.1 Å². The van der Waals surface area contributed by atoms with Crippen molar-refractivity contribution in [3.05, 3.63) is 64.3 Å². The second kappa shape index (κ2) is 8.35. The van der Waals surface area contributed by atoms with Crippen LogP contribution in [0.3, 0.4) is 0 Å². The van der Waals surface area contributed by atoms with Crippen LogP contribution in [0, 0.1) is 0 Å². The Morgan fingerprint density at radius 3 is 2.79 bits per heavy atom. The number of aromatic amines is 1. The van der Waals surface area contributed by atoms with E-state index in [2.05, 4.69) is 38.0 Å². The molecule has 0 aliphatic rings. The third-order valence-electron chi connectivity index (χ3n) is 5.19. The molecule has 0 saturated carbocycles. The number of hydrogen-bond donors (Lipinski definition) is 3. The van der Waals surface area contributed by atoms with Crippen LogP contribution in [0.1, 0.15) is 24.0 Å². The van der Waals surface area contributed by atoms with Gasteiger partial charge in [0.1, 0.15) is 0 Å². The van der Waals surface area contributed by atoms with E-state index in [-0.39, 0.29) is 6.42 Å². The van der Waals surface area contributed by atoms with E-state index in [9.17, 15) is 9.90 Å². The number of aliphatic carboxylic acids is 1. The molecule has 2 aromatic carbocycles. The fourth-order valence-corrected chi connectivity index (χ4v) is 4.31. The molecule has 0 spiro atoms. The summed E-state index contributed by atoms with van der Waals surface area (Å²) in [6.45, 7) is 0.657. The van der Waals surface area contributed by atoms with E-state index in [0.717, 1.165) is 62.4 Å². The number of hydrogen-bond acceptors (Lipinski definition) is 3. The number of pyridine rings is 1. The predicted molar refractivity (Wildman–Crippen MR) is 120 cm³/mol. The lowest BCUT2D eigenvalue weighted by molar-refractivity contribution is -0.136. The van der Waals surface area contributed by atoms with E-state index in [1.165, 1.54) is 5.56 Å². The number of unbranched alkanes of at least 4 members (excludes halogenated alkanes) is 1. The van der Waals surface area contributed by atoms with Gasteiger partial charge < -0.3 is 15.8 Å². The Balaban J connectivity index is 1.93. The number of H-pyrrole nitrogens is 1. The zero-order valence-corrected chi connectivity index (χ0v) is 17.5. The molecule has 148 valence electrons. The maximum absolute atomic E-state index is 11.2. The molecule has 0 saturated heterocycles. The number of fused-ring (bicyclic) bond motifs is 2. The molecule has 0 atom stereocenters. The average Bonchev–Trinajstić information content (AvgIpc) is 3.06. The standard InChI is InChI=1S/C23H22BrN3O2/c24-19-8-7-17(22-16(19)5-3-11-26-22)23-15(4-1-2-10-25)18-12-14(13-21(28)29)6-9-20(18)27-23/h3,5-9,11-12,27H,1-2,4,10,13,25H2,(H,28,29). The van der Waals surface area contributed by atoms with Crippen molar-refractivity contribution in [3.63, 3.8) is 0 Å². The third kappa shape index (κ3) is 3.91. The highest BCUT2D eigenvalue weighted by Crippen LogP contribution is 2.37. The van der Waals surface area contributed by atoms with Gasteiger partial charge in [0.15, 0.2) is 0 Å². The van der Waals surface area contributed by atoms with Crippen molar-refractivity contribution in [2.45, 2.75) is 25.7 Å². The van der Waals surface area contributed by atoms with Crippen molar-refractivity contribution in [3.8, 4) is 11.3 Å². The average molecular weight is 452 g/mol. The predicted octanol–water partition coefficient (Wildman–Crippen LogP) is 5.05. The molecule has 4 aromatic rings. The molecular formula is C23H22BrN3O2. The Morgan fingerprint density at radius 1 is 1.14 bits per heavy atom. The highest BCUT2D eigenvalue weighted by molar-refractivity contribution is 9.10. The summed E-state index contributed by atoms with van der Waals surface area (Å²) < 4.78 is 1.01. The molecule has 2 heterocycles. The van der Waals surface area contributed by atoms with Crippen LogP contribution in [-0.4, -0.2) is 27.6 Å². The van der Waals surface area contributed by atoms with Crippen molar-refractivity contribution in [2.24, 2.45) is 5.73 Å². The van der Waals surface area contributed by atoms with Gasteiger partial charge in [0.2, 0.25) is 0 Å². The molecule has 0 radical (unpaired) electrons. The van der Waals surface area contributed by atoms with E-state index in [0.29, 0.717) is 6.54 Å². The summed E-state index contributed by atoms with van der Waals surface area (Å²) in [5.41, 5.74) is 11.7. The normalized spacial score (nSPS) is 11.4. The zero-order chi connectivity index (χ0) is 20.4. The molecular weight excluding hydrogens is 430 g/mol. The first kappa shape index (κ1) is 19.6. The summed E-state index contributed by atoms with van der Waals surface area (Å²) in [6, 6.07) is 13.9. The van der Waals surface area contributed by atoms with Gasteiger partial charge >= 0.3 is 5.97 Å². The van der Waals surface area contributed by atoms with Gasteiger partial charge in [-0.2, -0.15) is 0 Å². The van der Waals surface area contributed by atoms with Crippen LogP contribution in [-0.2, 0) is 17.6 Å². The molecule has 2 aromatic heterocycles. The van der Waals surface area contributed by atoms with Gasteiger partial charge in [0, 0.05) is 32.5 Å². The smallest absolute Gasteiger partial charge is 0.307 e. The Morgan fingerprint density at radius 2 is 2.00 bits per heavy atom. The largest absolute Gasteiger partial charge is 0.481 e. The number of aryl methyl sites for hydroxylation is 1. The summed E-state index contributed by atoms with van der Waals surface area (Å²) in [7, 11) is 0. The molecule has 4 N–H and O–H groups in total. The van der Waals surface area contributed by atoms with Gasteiger partial charge in [0.05, 0.1) is 17.6 Å². The first-order chi connectivity index (χ1) is 14.1. The zero-order valence-electron chi connectivity index (χ0n) is 15.9. The molecule has 0 amide bonds. The number of nitrogens with zero attached hydrogens (tertiary/aromatic N) is 1. The summed E-state index contributed by atoms with van der Waals surface area (Å²) in [5.74, 6) is -0.826. The van der Waals surface area contributed by atoms with Crippen molar-refractivity contribution in [1.29, 1.82) is 0 Å². The van der Waals surface area contributed by atoms with Crippen molar-refractivity contribution < 1.29 is 9.90 Å². The topological polar surface area (TPSA) is 92.0 Å². The van der Waals surface area contributed by atoms with E-state index in [1.807, 2.05) is 30.3 Å². The Bertz CT molecular complexity index is 1200. The molecule has 0 aliphatic carbocycles. The first-order valence-electron chi connectivity index (χ1n) is 9.67. The van der Waals surface area contributed by atoms with E-state index in [1.54, 1.807) is 6.20 Å². The molecule has 0 bridgehead atoms. The molecule has 5 nitrogen and oxygen atoms in total. The fraction of sp³-hybridized carbons (Fsp3) is 0.217. The van der Waals surface area contributed by atoms with Crippen LogP contribution in [0.2, 0.25) is 0 Å². The van der Waals surface area contributed by atoms with Gasteiger partial charge in [-0.25, -0.2) is 0 Å². The number of carbonyl (C=O) groups is 1. The van der Waals surface area contributed by atoms with Gasteiger partial charge in [-0.3, -0.25) is 9.78 Å². The summed E-state index contributed by atoms with van der Waals surface area (Å²) in [4.78, 5) is 19.4. The fourth-order valence-electron chi connectivity index (χ4n) is 3.85. The number of carboxylic acids is 1. The maximum atomic E-state index is 11.2. The minimum Gasteiger partial charge on any atom is -0.481 e. The summed E-state index contributed by atoms with van der Waals surface area (Å²) >= 11 is 3.62. The second-order valence-corrected chi connectivity index (χ2v) is 8.02. The molecule has 0 unspecified atom stereocenters. The monoisotopic (exact) mass is 451 g/mol. The Kier molecular flexibility index (Phi) is 5.65. The van der Waals surface area contributed by atoms with E-state index < -0.39 is 5.97 Å². The van der Waals surface area contributed by atoms with E-state index >= 15 is 0 Å². The summed E-state index contributed by atoms with van der Waals surface area (Å²) in [5, 5.41) is 11.3. The number of nitrogens with one attached hydrogen (secondary N) is 1. The van der Waals surface area contributed by atoms with Crippen LogP contribution < -0.4 is 5.73 Å². The van der Waals surface area contributed by atoms with Gasteiger partial charge in [-0.15, -0.1) is 0 Å². The quantitative estimate of drug-likeness (QED) is 0.342. The van der Waals surface area contributed by atoms with Gasteiger partial charge in [0.25, 0.3) is 0 Å². The van der Waals surface area contributed by atoms with Crippen molar-refractivity contribution >= 4 is 43.7 Å². The number of nitrogens with two attached hydrogens (primary N) is 1. The third-order valence-corrected chi connectivity index (χ3v) is 5.88. The second-order valence-electron chi connectivity index (χ2n) is 7.17. The number of benzene rings is 2. The number of carboxylic acid groups (broad SMARTS) is 1. The highest BCUT2D eigenvalue weighted by atomic mass is 79.9. The number of aromatic nitrogens is 2. The lowest BCUT2D eigenvalue weighted by Crippen LogP contribution is -2.00. The molecule has 0 aliphatic heterocycles. The first-order valence-corrected chi connectivity index (χ1v) is 10.5. The highest BCUT2D eigenvalue weighted by Gasteiger charge is 2.17. The Hall–Kier alpha value is -2.70. The molecule has 29 heavy (non-hydrogen) atoms. The van der Waals surface area contributed by atoms with Crippen LogP contribution in [0.5, 0.6) is 0 Å². The maximum Gasteiger partial charge on any atom is 0.307 e. The minimum atomic E-state index is -0.826. The van der Waals surface area contributed by atoms with Crippen LogP contribution in [0.25, 0.3) is 33.1 Å². The van der Waals surface area contributed by atoms with Crippen LogP contribution >= 0.6 is 15.9 Å². The molecule has 6 heteroatoms. The SMILES string of the molecule is NCCCCc1c(-c2ccc(Br)c3cccnc23)[nH]c2ccc(CC(=O)O)cc12.